The van der Waals surface area contributed by atoms with Crippen LogP contribution in [-0.4, -0.2) is 10.5 Å². The molecule has 0 bridgehead atoms. The molecule has 0 radical (unpaired) electrons. The van der Waals surface area contributed by atoms with Crippen molar-refractivity contribution in [2.45, 2.75) is 0 Å². The largest absolute Gasteiger partial charge is 0.255 e. The van der Waals surface area contributed by atoms with Gasteiger partial charge >= 0.3 is 0 Å². The van der Waals surface area contributed by atoms with E-state index >= 15 is 0 Å². The van der Waals surface area contributed by atoms with Gasteiger partial charge in [-0.05, 0) is 0 Å². The van der Waals surface area contributed by atoms with E-state index < -0.39 is 0 Å². The highest BCUT2D eigenvalue weighted by Crippen LogP contribution is 0.741. The van der Waals surface area contributed by atoms with Gasteiger partial charge in [0.25, 0.3) is 0 Å². The first-order chi connectivity index (χ1) is 2.00. The molecular weight excluding hydrogens is 64.0 g/mol. The van der Waals surface area contributed by atoms with Crippen molar-refractivity contribution in [2.24, 2.45) is 0 Å². The van der Waals surface area contributed by atoms with Gasteiger partial charge < -0.3 is 0 Å². The summed E-state index contributed by atoms with van der Waals surface area (Å²) in [6, 6.07) is 0. The molecule has 0 aromatic heterocycles. The Kier molecular flexibility index (Phi) is 61.1. The second-order valence-corrected chi connectivity index (χ2v) is 0. The number of hydrogen-bond donors (Lipinski definition) is 2. The second kappa shape index (κ2) is 25.3. The van der Waals surface area contributed by atoms with Crippen LogP contribution in [0.3, 0.4) is 0 Å². The topological polar surface area (TPSA) is 74.6 Å². The summed E-state index contributed by atoms with van der Waals surface area (Å²) in [6.07, 6.45) is 0. The molecule has 0 aliphatic carbocycles. The van der Waals surface area contributed by atoms with E-state index in [1.807, 2.05) is 0 Å². The normalized spacial score (nSPS) is 2.50. The van der Waals surface area contributed by atoms with E-state index in [1.165, 1.54) is 0 Å². The van der Waals surface area contributed by atoms with Crippen molar-refractivity contribution in [3.8, 4) is 0 Å². The van der Waals surface area contributed by atoms with Gasteiger partial charge in [-0.2, -0.15) is 0 Å². The lowest BCUT2D eigenvalue weighted by Gasteiger charge is -1.25. The van der Waals surface area contributed by atoms with Crippen molar-refractivity contribution in [2.75, 3.05) is 0 Å². The van der Waals surface area contributed by atoms with E-state index in [9.17, 15) is 0 Å². The fourth-order valence-corrected chi connectivity index (χ4v) is 0. The van der Waals surface area contributed by atoms with Crippen LogP contribution < -0.4 is 0 Å². The molecule has 0 unspecified atom stereocenters. The van der Waals surface area contributed by atoms with Gasteiger partial charge in [0.15, 0.2) is 0 Å². The molecule has 0 aliphatic rings. The summed E-state index contributed by atoms with van der Waals surface area (Å²) in [5.74, 6) is 0. The highest BCUT2D eigenvalue weighted by atomic mass is 17.0. The molecule has 0 rings (SSSR count). The van der Waals surface area contributed by atoms with Crippen molar-refractivity contribution in [1.29, 1.82) is 0 Å². The third-order valence-corrected chi connectivity index (χ3v) is 0. The molecule has 4 nitrogen and oxygen atoms in total. The van der Waals surface area contributed by atoms with Crippen LogP contribution in [0.4, 0.5) is 0 Å². The molecule has 0 atom stereocenters. The molecule has 0 aromatic rings. The molecule has 0 heterocycles. The molecule has 0 spiro atoms. The van der Waals surface area contributed by atoms with Crippen molar-refractivity contribution < 1.29 is 10.5 Å². The van der Waals surface area contributed by atoms with Crippen LogP contribution in [0, 0.1) is 9.93 Å². The minimum atomic E-state index is 6.00. The molecule has 0 aliphatic heterocycles. The van der Waals surface area contributed by atoms with Crippen LogP contribution in [0.1, 0.15) is 0 Å². The predicted octanol–water partition coefficient (Wildman–Crippen LogP) is 0.0844. The van der Waals surface area contributed by atoms with Crippen molar-refractivity contribution in [3.63, 3.8) is 0 Å². The lowest BCUT2D eigenvalue weighted by molar-refractivity contribution is -0.176. The van der Waals surface area contributed by atoms with Crippen molar-refractivity contribution in [3.05, 3.63) is 9.93 Å². The third-order valence-electron chi connectivity index (χ3n) is 0. The number of rotatable bonds is 0. The summed E-state index contributed by atoms with van der Waals surface area (Å²) < 4.78 is 0. The zero-order chi connectivity index (χ0) is 4.00. The molecule has 0 fully saturated rings. The molecular formula is H2O4. The Morgan fingerprint density at radius 3 is 1.00 bits per heavy atom. The van der Waals surface area contributed by atoms with Gasteiger partial charge in [-0.3, -0.25) is 10.5 Å². The molecule has 0 saturated carbocycles. The first-order valence-corrected chi connectivity index (χ1v) is 0.367. The molecule has 0 aromatic carbocycles. The van der Waals surface area contributed by atoms with Crippen LogP contribution in [0.15, 0.2) is 0 Å². The average Bonchev–Trinajstić information content (AvgIpc) is 1.50. The van der Waals surface area contributed by atoms with E-state index in [0.29, 0.717) is 0 Å². The SMILES string of the molecule is O=O.OO. The van der Waals surface area contributed by atoms with Gasteiger partial charge in [-0.1, -0.05) is 0 Å². The summed E-state index contributed by atoms with van der Waals surface area (Å²) in [4.78, 5) is 14.0. The first-order valence-electron chi connectivity index (χ1n) is 0.367. The zero-order valence-electron chi connectivity index (χ0n) is 1.71. The number of hydrogen-bond acceptors (Lipinski definition) is 4. The van der Waals surface area contributed by atoms with Crippen molar-refractivity contribution in [1.82, 2.24) is 0 Å². The van der Waals surface area contributed by atoms with E-state index in [2.05, 4.69) is 0 Å². The Morgan fingerprint density at radius 1 is 1.00 bits per heavy atom. The Balaban J connectivity index is 0. The minimum absolute atomic E-state index is 6.00. The van der Waals surface area contributed by atoms with Gasteiger partial charge in [-0.15, -0.1) is 0 Å². The van der Waals surface area contributed by atoms with Gasteiger partial charge in [0.2, 0.25) is 0 Å². The van der Waals surface area contributed by atoms with Gasteiger partial charge in [-0.25, -0.2) is 0 Å². The van der Waals surface area contributed by atoms with E-state index in [0.717, 1.165) is 0 Å². The van der Waals surface area contributed by atoms with Crippen LogP contribution in [0.5, 0.6) is 0 Å². The molecule has 0 amide bonds. The Hall–Kier alpha value is -0.480. The van der Waals surface area contributed by atoms with Gasteiger partial charge in [0.05, 0.1) is 0 Å². The van der Waals surface area contributed by atoms with Crippen molar-refractivity contribution >= 4 is 0 Å². The Bertz CT molecular complexity index is 0. The maximum atomic E-state index is 7.00. The Morgan fingerprint density at radius 2 is 1.00 bits per heavy atom. The fraction of sp³-hybridized carbons (Fsp3) is 0. The molecule has 2 N–H and O–H groups in total. The highest BCUT2D eigenvalue weighted by molar-refractivity contribution is 4.07. The smallest absolute Gasteiger partial charge is 0 e. The van der Waals surface area contributed by atoms with E-state index in [4.69, 9.17) is 20.4 Å². The fourth-order valence-electron chi connectivity index (χ4n) is 0. The van der Waals surface area contributed by atoms with E-state index in [-0.39, 0.29) is 0 Å². The van der Waals surface area contributed by atoms with Crippen LogP contribution in [-0.2, 0) is 0 Å². The maximum absolute atomic E-state index is 7.00. The first kappa shape index (κ1) is 9.68. The Labute approximate surface area is 21.8 Å². The van der Waals surface area contributed by atoms with Crippen LogP contribution in [0.2, 0.25) is 0 Å². The zero-order valence-corrected chi connectivity index (χ0v) is 1.71. The summed E-state index contributed by atoms with van der Waals surface area (Å²) in [5.41, 5.74) is 0. The van der Waals surface area contributed by atoms with Gasteiger partial charge in [0, 0.05) is 9.93 Å². The van der Waals surface area contributed by atoms with Crippen LogP contribution >= 0.6 is 0 Å². The van der Waals surface area contributed by atoms with Crippen LogP contribution in [0.25, 0.3) is 0 Å². The highest BCUT2D eigenvalue weighted by Gasteiger charge is 0.746. The third kappa shape index (κ3) is 1.78. The summed E-state index contributed by atoms with van der Waals surface area (Å²) in [6.45, 7) is 0. The second-order valence-electron chi connectivity index (χ2n) is 0. The quantitative estimate of drug-likeness (QED) is 0.310. The molecule has 26 valence electrons. The maximum Gasteiger partial charge on any atom is 0 e. The monoisotopic (exact) mass is 66.0 g/mol. The standard InChI is InChI=1S/H2O2.O2/c2*1-2/h1-2H;. The minimum Gasteiger partial charge on any atom is -0.255 e. The average molecular weight is 66.0 g/mol. The lowest BCUT2D eigenvalue weighted by atomic mass is 15.0. The van der Waals surface area contributed by atoms with E-state index in [1.54, 1.807) is 0 Å². The summed E-state index contributed by atoms with van der Waals surface area (Å²) >= 11 is 0. The summed E-state index contributed by atoms with van der Waals surface area (Å²) in [5, 5.41) is 12.0. The predicted molar refractivity (Wildman–Crippen MR) is 12.0 cm³/mol. The van der Waals surface area contributed by atoms with Gasteiger partial charge in [0.1, 0.15) is 0 Å². The lowest BCUT2D eigenvalue weighted by Crippen LogP contribution is -1.29. The molecule has 4 heavy (non-hydrogen) atoms. The molecule has 4 heteroatoms. The molecule has 0 saturated heterocycles. The summed E-state index contributed by atoms with van der Waals surface area (Å²) in [7, 11) is 0.